The second kappa shape index (κ2) is 7.37. The Morgan fingerprint density at radius 1 is 0.900 bits per heavy atom. The lowest BCUT2D eigenvalue weighted by molar-refractivity contribution is -0.493. The Bertz CT molecular complexity index is 1370. The monoisotopic (exact) mass is 394 g/mol. The number of imidazole rings is 1. The number of nitrogens with zero attached hydrogens (tertiary/aromatic N) is 1. The highest BCUT2D eigenvalue weighted by Gasteiger charge is 2.23. The fourth-order valence-corrected chi connectivity index (χ4v) is 3.65. The van der Waals surface area contributed by atoms with Crippen LogP contribution in [0.4, 0.5) is 5.82 Å². The number of benzene rings is 3. The Hall–Kier alpha value is -4.12. The summed E-state index contributed by atoms with van der Waals surface area (Å²) in [5.74, 6) is 1.23. The van der Waals surface area contributed by atoms with E-state index in [2.05, 4.69) is 40.6 Å². The highest BCUT2D eigenvalue weighted by atomic mass is 16.5. The molecule has 30 heavy (non-hydrogen) atoms. The number of methoxy groups -OCH3 is 1. The molecule has 0 aliphatic heterocycles. The molecule has 5 aromatic rings. The fraction of sp³-hybridized carbons (Fsp3) is 0.0400. The van der Waals surface area contributed by atoms with Crippen molar-refractivity contribution in [1.29, 1.82) is 0 Å². The third-order valence-corrected chi connectivity index (χ3v) is 5.21. The van der Waals surface area contributed by atoms with Crippen LogP contribution in [0.15, 0.2) is 91.1 Å². The van der Waals surface area contributed by atoms with Gasteiger partial charge in [0.15, 0.2) is 5.69 Å². The summed E-state index contributed by atoms with van der Waals surface area (Å²) in [5.41, 5.74) is 3.31. The molecule has 1 amide bonds. The van der Waals surface area contributed by atoms with Gasteiger partial charge in [0.1, 0.15) is 5.75 Å². The molecule has 0 radical (unpaired) electrons. The highest BCUT2D eigenvalue weighted by molar-refractivity contribution is 6.05. The number of H-pyrrole nitrogens is 1. The van der Waals surface area contributed by atoms with Gasteiger partial charge in [-0.2, -0.15) is 0 Å². The van der Waals surface area contributed by atoms with Gasteiger partial charge in [-0.3, -0.25) is 9.78 Å². The molecule has 0 saturated carbocycles. The number of carbonyl (C=O) groups excluding carboxylic acids is 1. The average Bonchev–Trinajstić information content (AvgIpc) is 3.17. The quantitative estimate of drug-likeness (QED) is 0.429. The van der Waals surface area contributed by atoms with Gasteiger partial charge in [-0.05, 0) is 47.2 Å². The fourth-order valence-electron chi connectivity index (χ4n) is 3.65. The van der Waals surface area contributed by atoms with Crippen LogP contribution < -0.4 is 14.5 Å². The first-order valence-corrected chi connectivity index (χ1v) is 9.70. The van der Waals surface area contributed by atoms with Crippen molar-refractivity contribution in [2.75, 3.05) is 12.4 Å². The number of pyridine rings is 1. The Balaban J connectivity index is 1.60. The normalized spacial score (nSPS) is 11.0. The summed E-state index contributed by atoms with van der Waals surface area (Å²) in [4.78, 5) is 16.4. The minimum atomic E-state index is -0.183. The number of hydrogen-bond donors (Lipinski definition) is 2. The standard InChI is InChI=1S/C25H19N3O2/c1-30-21-13-11-18(12-14-21)25(29)27-24-23(26-22-8-4-5-15-28(22)24)20-10-9-17-6-2-3-7-19(17)16-20/h2-16H,1H3,(H,27,29)/p+1. The van der Waals surface area contributed by atoms with E-state index in [1.807, 2.05) is 40.9 Å². The lowest BCUT2D eigenvalue weighted by Gasteiger charge is -2.05. The summed E-state index contributed by atoms with van der Waals surface area (Å²) in [6.45, 7) is 0. The Morgan fingerprint density at radius 2 is 1.67 bits per heavy atom. The number of aromatic amines is 1. The molecular weight excluding hydrogens is 374 g/mol. The molecule has 0 aliphatic carbocycles. The van der Waals surface area contributed by atoms with E-state index in [9.17, 15) is 4.79 Å². The molecule has 0 atom stereocenters. The number of amides is 1. The zero-order valence-corrected chi connectivity index (χ0v) is 16.4. The lowest BCUT2D eigenvalue weighted by atomic mass is 10.0. The van der Waals surface area contributed by atoms with Gasteiger partial charge in [0.05, 0.1) is 18.9 Å². The smallest absolute Gasteiger partial charge is 0.311 e. The molecule has 0 bridgehead atoms. The summed E-state index contributed by atoms with van der Waals surface area (Å²) in [5, 5.41) is 5.41. The summed E-state index contributed by atoms with van der Waals surface area (Å²) >= 11 is 0. The number of hydrogen-bond acceptors (Lipinski definition) is 2. The number of fused-ring (bicyclic) bond motifs is 2. The van der Waals surface area contributed by atoms with Crippen LogP contribution in [0.1, 0.15) is 10.4 Å². The number of carbonyl (C=O) groups is 1. The minimum Gasteiger partial charge on any atom is -0.497 e. The zero-order chi connectivity index (χ0) is 20.5. The van der Waals surface area contributed by atoms with Gasteiger partial charge in [-0.25, -0.2) is 9.72 Å². The zero-order valence-electron chi connectivity index (χ0n) is 16.4. The predicted octanol–water partition coefficient (Wildman–Crippen LogP) is 4.83. The van der Waals surface area contributed by atoms with E-state index in [4.69, 9.17) is 4.74 Å². The second-order valence-electron chi connectivity index (χ2n) is 7.05. The number of rotatable bonds is 4. The molecule has 0 unspecified atom stereocenters. The van der Waals surface area contributed by atoms with Crippen LogP contribution in [0.2, 0.25) is 0 Å². The van der Waals surface area contributed by atoms with E-state index in [0.717, 1.165) is 22.3 Å². The molecule has 5 rings (SSSR count). The van der Waals surface area contributed by atoms with Crippen LogP contribution in [0.25, 0.3) is 27.7 Å². The predicted molar refractivity (Wildman–Crippen MR) is 118 cm³/mol. The molecule has 0 spiro atoms. The molecule has 3 aromatic carbocycles. The van der Waals surface area contributed by atoms with Crippen LogP contribution in [-0.4, -0.2) is 18.0 Å². The molecule has 2 N–H and O–H groups in total. The van der Waals surface area contributed by atoms with Crippen LogP contribution >= 0.6 is 0 Å². The summed E-state index contributed by atoms with van der Waals surface area (Å²) in [6, 6.07) is 27.5. The molecule has 0 aliphatic rings. The van der Waals surface area contributed by atoms with Crippen molar-refractivity contribution in [2.24, 2.45) is 0 Å². The number of ether oxygens (including phenoxy) is 1. The van der Waals surface area contributed by atoms with Crippen molar-refractivity contribution in [2.45, 2.75) is 0 Å². The second-order valence-corrected chi connectivity index (χ2v) is 7.05. The van der Waals surface area contributed by atoms with Crippen molar-refractivity contribution in [3.8, 4) is 17.0 Å². The molecule has 5 nitrogen and oxygen atoms in total. The van der Waals surface area contributed by atoms with E-state index in [1.165, 1.54) is 5.39 Å². The largest absolute Gasteiger partial charge is 0.497 e. The number of anilines is 1. The maximum atomic E-state index is 13.0. The van der Waals surface area contributed by atoms with Crippen molar-refractivity contribution >= 4 is 28.1 Å². The first-order chi connectivity index (χ1) is 14.7. The van der Waals surface area contributed by atoms with E-state index < -0.39 is 0 Å². The SMILES string of the molecule is COc1ccc(C(=O)Nc2c(-c3ccc4ccccc4c3)[nH]c3cccc[n+]23)cc1. The van der Waals surface area contributed by atoms with Gasteiger partial charge in [0, 0.05) is 11.6 Å². The van der Waals surface area contributed by atoms with E-state index in [1.54, 1.807) is 31.4 Å². The van der Waals surface area contributed by atoms with Crippen LogP contribution in [0.5, 0.6) is 5.75 Å². The Kier molecular flexibility index (Phi) is 4.41. The summed E-state index contributed by atoms with van der Waals surface area (Å²) in [6.07, 6.45) is 1.93. The van der Waals surface area contributed by atoms with E-state index >= 15 is 0 Å². The van der Waals surface area contributed by atoms with E-state index in [-0.39, 0.29) is 5.91 Å². The van der Waals surface area contributed by atoms with Crippen LogP contribution in [-0.2, 0) is 0 Å². The maximum absolute atomic E-state index is 13.0. The topological polar surface area (TPSA) is 58.2 Å². The first-order valence-electron chi connectivity index (χ1n) is 9.70. The molecule has 0 fully saturated rings. The van der Waals surface area contributed by atoms with Crippen molar-refractivity contribution < 1.29 is 13.9 Å². The highest BCUT2D eigenvalue weighted by Crippen LogP contribution is 2.28. The van der Waals surface area contributed by atoms with Crippen LogP contribution in [0, 0.1) is 0 Å². The minimum absolute atomic E-state index is 0.183. The van der Waals surface area contributed by atoms with Gasteiger partial charge in [0.2, 0.25) is 5.65 Å². The van der Waals surface area contributed by atoms with Crippen molar-refractivity contribution in [3.05, 3.63) is 96.7 Å². The number of nitrogens with one attached hydrogen (secondary N) is 2. The van der Waals surface area contributed by atoms with Gasteiger partial charge < -0.3 is 4.74 Å². The summed E-state index contributed by atoms with van der Waals surface area (Å²) < 4.78 is 7.13. The molecule has 0 saturated heterocycles. The maximum Gasteiger partial charge on any atom is 0.311 e. The molecule has 146 valence electrons. The van der Waals surface area contributed by atoms with Crippen LogP contribution in [0.3, 0.4) is 0 Å². The number of aromatic nitrogens is 2. The molecule has 2 aromatic heterocycles. The summed E-state index contributed by atoms with van der Waals surface area (Å²) in [7, 11) is 1.60. The third kappa shape index (κ3) is 3.16. The van der Waals surface area contributed by atoms with Gasteiger partial charge >= 0.3 is 5.91 Å². The lowest BCUT2D eigenvalue weighted by Crippen LogP contribution is -2.26. The first kappa shape index (κ1) is 17.9. The van der Waals surface area contributed by atoms with E-state index in [0.29, 0.717) is 17.1 Å². The average molecular weight is 394 g/mol. The van der Waals surface area contributed by atoms with Gasteiger partial charge in [-0.1, -0.05) is 42.5 Å². The molecular formula is C25H20N3O2+. The van der Waals surface area contributed by atoms with Gasteiger partial charge in [-0.15, -0.1) is 0 Å². The molecule has 2 heterocycles. The Labute approximate surface area is 173 Å². The van der Waals surface area contributed by atoms with Crippen molar-refractivity contribution in [3.63, 3.8) is 0 Å². The van der Waals surface area contributed by atoms with Crippen molar-refractivity contribution in [1.82, 2.24) is 4.98 Å². The Morgan fingerprint density at radius 3 is 2.47 bits per heavy atom. The third-order valence-electron chi connectivity index (χ3n) is 5.21. The van der Waals surface area contributed by atoms with Gasteiger partial charge in [0.25, 0.3) is 5.82 Å². The molecule has 5 heteroatoms.